The average molecular weight is 711 g/mol. The van der Waals surface area contributed by atoms with E-state index in [0.717, 1.165) is 31.4 Å². The molecular weight excluding hydrogens is 676 g/mol. The zero-order valence-corrected chi connectivity index (χ0v) is 28.9. The first kappa shape index (κ1) is 30.3. The molecule has 2 aliphatic heterocycles. The minimum Gasteiger partial charge on any atom is -0.275 e. The van der Waals surface area contributed by atoms with Gasteiger partial charge in [0.1, 0.15) is 0 Å². The van der Waals surface area contributed by atoms with Crippen LogP contribution in [0.15, 0.2) is 117 Å². The highest BCUT2D eigenvalue weighted by Gasteiger charge is 2.50. The summed E-state index contributed by atoms with van der Waals surface area (Å²) in [7, 11) is 0. The molecule has 0 bridgehead atoms. The molecule has 4 nitrogen and oxygen atoms in total. The summed E-state index contributed by atoms with van der Waals surface area (Å²) in [6.45, 7) is 13.0. The van der Waals surface area contributed by atoms with Crippen LogP contribution in [0.1, 0.15) is 63.8 Å². The van der Waals surface area contributed by atoms with Crippen LogP contribution in [-0.4, -0.2) is 11.8 Å². The Morgan fingerprint density at radius 3 is 1.02 bits per heavy atom. The summed E-state index contributed by atoms with van der Waals surface area (Å²) in [4.78, 5) is 32.8. The van der Waals surface area contributed by atoms with Gasteiger partial charge in [-0.05, 0) is 81.6 Å². The number of nitrogens with zero attached hydrogens (tertiary/aromatic N) is 2. The Labute approximate surface area is 276 Å². The summed E-state index contributed by atoms with van der Waals surface area (Å²) in [5, 5.41) is 0. The molecule has 2 aliphatic rings. The van der Waals surface area contributed by atoms with Crippen molar-refractivity contribution in [3.05, 3.63) is 139 Å². The maximum absolute atomic E-state index is 14.7. The normalized spacial score (nSPS) is 15.5. The van der Waals surface area contributed by atoms with Crippen molar-refractivity contribution in [2.75, 3.05) is 9.80 Å². The molecule has 6 heteroatoms. The molecule has 44 heavy (non-hydrogen) atoms. The second-order valence-electron chi connectivity index (χ2n) is 13.3. The van der Waals surface area contributed by atoms with E-state index < -0.39 is 0 Å². The van der Waals surface area contributed by atoms with E-state index in [1.807, 2.05) is 72.8 Å². The van der Waals surface area contributed by atoms with Crippen LogP contribution in [0.25, 0.3) is 11.4 Å². The van der Waals surface area contributed by atoms with E-state index in [9.17, 15) is 9.59 Å². The van der Waals surface area contributed by atoms with Crippen LogP contribution < -0.4 is 9.80 Å². The monoisotopic (exact) mass is 708 g/mol. The zero-order chi connectivity index (χ0) is 31.6. The molecule has 2 amide bonds. The fraction of sp³-hybridized carbons (Fsp3) is 0.211. The zero-order valence-electron chi connectivity index (χ0n) is 25.7. The molecule has 2 heterocycles. The van der Waals surface area contributed by atoms with E-state index >= 15 is 0 Å². The molecule has 0 aliphatic carbocycles. The van der Waals surface area contributed by atoms with Crippen LogP contribution in [0, 0.1) is 0 Å². The summed E-state index contributed by atoms with van der Waals surface area (Å²) in [5.74, 6) is -0.442. The molecule has 4 aromatic carbocycles. The fourth-order valence-corrected chi connectivity index (χ4v) is 6.31. The number of anilines is 2. The fourth-order valence-electron chi connectivity index (χ4n) is 5.78. The lowest BCUT2D eigenvalue weighted by molar-refractivity contribution is -0.115. The molecule has 6 rings (SSSR count). The molecule has 0 saturated carbocycles. The summed E-state index contributed by atoms with van der Waals surface area (Å²) in [6.07, 6.45) is 0. The van der Waals surface area contributed by atoms with Gasteiger partial charge < -0.3 is 0 Å². The number of benzene rings is 4. The van der Waals surface area contributed by atoms with Gasteiger partial charge in [-0.25, -0.2) is 0 Å². The van der Waals surface area contributed by atoms with Gasteiger partial charge in [-0.3, -0.25) is 19.4 Å². The summed E-state index contributed by atoms with van der Waals surface area (Å²) < 4.78 is 1.84. The van der Waals surface area contributed by atoms with Crippen LogP contribution in [-0.2, 0) is 20.4 Å². The Morgan fingerprint density at radius 1 is 0.455 bits per heavy atom. The summed E-state index contributed by atoms with van der Waals surface area (Å²) in [6, 6.07) is 31.7. The number of carbonyl (C=O) groups excluding carboxylic acids is 2. The molecule has 0 fully saturated rings. The van der Waals surface area contributed by atoms with Gasteiger partial charge in [-0.15, -0.1) is 0 Å². The van der Waals surface area contributed by atoms with Gasteiger partial charge in [0.05, 0.1) is 22.5 Å². The maximum atomic E-state index is 14.7. The topological polar surface area (TPSA) is 40.6 Å². The van der Waals surface area contributed by atoms with Gasteiger partial charge in [-0.2, -0.15) is 0 Å². The molecule has 0 saturated heterocycles. The van der Waals surface area contributed by atoms with Crippen LogP contribution in [0.5, 0.6) is 0 Å². The molecule has 0 radical (unpaired) electrons. The quantitative estimate of drug-likeness (QED) is 0.212. The van der Waals surface area contributed by atoms with Crippen molar-refractivity contribution in [1.82, 2.24) is 0 Å². The summed E-state index contributed by atoms with van der Waals surface area (Å²) in [5.41, 5.74) is 7.30. The van der Waals surface area contributed by atoms with E-state index in [0.29, 0.717) is 22.5 Å². The first-order valence-corrected chi connectivity index (χ1v) is 16.2. The van der Waals surface area contributed by atoms with Crippen molar-refractivity contribution < 1.29 is 9.59 Å². The third-order valence-corrected chi connectivity index (χ3v) is 9.28. The van der Waals surface area contributed by atoms with E-state index in [-0.39, 0.29) is 22.6 Å². The predicted octanol–water partition coefficient (Wildman–Crippen LogP) is 10.0. The van der Waals surface area contributed by atoms with Crippen molar-refractivity contribution in [2.45, 2.75) is 52.4 Å². The number of fused-ring (bicyclic) bond motifs is 1. The van der Waals surface area contributed by atoms with Crippen LogP contribution >= 0.6 is 31.9 Å². The Morgan fingerprint density at radius 2 is 0.750 bits per heavy atom. The van der Waals surface area contributed by atoms with E-state index in [4.69, 9.17) is 0 Å². The van der Waals surface area contributed by atoms with E-state index in [1.54, 1.807) is 9.80 Å². The van der Waals surface area contributed by atoms with Gasteiger partial charge in [0, 0.05) is 20.3 Å². The third-order valence-electron chi connectivity index (χ3n) is 8.22. The van der Waals surface area contributed by atoms with Gasteiger partial charge in [0.2, 0.25) is 0 Å². The molecule has 0 spiro atoms. The Balaban J connectivity index is 1.61. The number of hydrogen-bond acceptors (Lipinski definition) is 2. The smallest absolute Gasteiger partial charge is 0.265 e. The van der Waals surface area contributed by atoms with Crippen molar-refractivity contribution in [2.24, 2.45) is 0 Å². The molecule has 4 aromatic rings. The lowest BCUT2D eigenvalue weighted by atomic mass is 9.87. The van der Waals surface area contributed by atoms with Crippen molar-refractivity contribution >= 4 is 66.4 Å². The van der Waals surface area contributed by atoms with Crippen LogP contribution in [0.4, 0.5) is 11.4 Å². The predicted molar refractivity (Wildman–Crippen MR) is 187 cm³/mol. The first-order valence-electron chi connectivity index (χ1n) is 14.7. The highest BCUT2D eigenvalue weighted by Crippen LogP contribution is 2.50. The Hall–Kier alpha value is -3.74. The second kappa shape index (κ2) is 11.0. The molecule has 0 unspecified atom stereocenters. The first-order chi connectivity index (χ1) is 20.8. The van der Waals surface area contributed by atoms with Crippen molar-refractivity contribution in [1.29, 1.82) is 0 Å². The van der Waals surface area contributed by atoms with Gasteiger partial charge in [0.15, 0.2) is 0 Å². The number of halogens is 2. The van der Waals surface area contributed by atoms with Gasteiger partial charge in [-0.1, -0.05) is 122 Å². The Bertz CT molecular complexity index is 1700. The number of amides is 2. The van der Waals surface area contributed by atoms with E-state index in [1.165, 1.54) is 11.1 Å². The Kier molecular flexibility index (Phi) is 7.58. The van der Waals surface area contributed by atoms with Gasteiger partial charge in [0.25, 0.3) is 11.8 Å². The largest absolute Gasteiger partial charge is 0.275 e. The average Bonchev–Trinajstić information content (AvgIpc) is 3.44. The lowest BCUT2D eigenvalue weighted by Crippen LogP contribution is -2.30. The molecular formula is C38H34Br2N2O2. The third kappa shape index (κ3) is 5.28. The number of rotatable bonds is 4. The minimum atomic E-state index is -0.221. The molecule has 222 valence electrons. The minimum absolute atomic E-state index is 0.0344. The molecule has 0 aromatic heterocycles. The second-order valence-corrected chi connectivity index (χ2v) is 15.2. The highest BCUT2D eigenvalue weighted by molar-refractivity contribution is 9.10. The van der Waals surface area contributed by atoms with Crippen LogP contribution in [0.3, 0.4) is 0 Å². The number of hydrogen-bond donors (Lipinski definition) is 0. The highest BCUT2D eigenvalue weighted by atomic mass is 79.9. The molecule has 0 N–H and O–H groups in total. The number of carbonyl (C=O) groups is 2. The van der Waals surface area contributed by atoms with Crippen molar-refractivity contribution in [3.8, 4) is 0 Å². The maximum Gasteiger partial charge on any atom is 0.265 e. The molecule has 0 atom stereocenters. The standard InChI is InChI=1S/C38H34Br2N2O2/c1-37(2,3)25-11-19-29(20-12-25)41-33(23-7-15-27(39)16-8-23)31-32(35(41)43)34(24-9-17-28(40)18-10-24)42(36(31)44)30-21-13-26(14-22-30)38(4,5)6/h7-22H,1-6H3. The van der Waals surface area contributed by atoms with E-state index in [2.05, 4.69) is 97.7 Å². The summed E-state index contributed by atoms with van der Waals surface area (Å²) >= 11 is 7.08. The lowest BCUT2D eigenvalue weighted by Gasteiger charge is -2.27. The van der Waals surface area contributed by atoms with Gasteiger partial charge >= 0.3 is 0 Å². The SMILES string of the molecule is CC(C)(C)c1ccc(N2C(=O)C3=C(c4ccc(Br)cc4)N(c4ccc(C(C)(C)C)cc4)C(=O)C3=C2c2ccc(Br)cc2)cc1. The van der Waals surface area contributed by atoms with Crippen molar-refractivity contribution in [3.63, 3.8) is 0 Å². The van der Waals surface area contributed by atoms with Crippen LogP contribution in [0.2, 0.25) is 0 Å².